The van der Waals surface area contributed by atoms with Crippen LogP contribution < -0.4 is 14.8 Å². The molecule has 2 saturated heterocycles. The summed E-state index contributed by atoms with van der Waals surface area (Å²) in [5, 5.41) is 3.03. The Balaban J connectivity index is 1.47. The quantitative estimate of drug-likeness (QED) is 0.675. The van der Waals surface area contributed by atoms with Crippen molar-refractivity contribution in [1.29, 1.82) is 0 Å². The lowest BCUT2D eigenvalue weighted by molar-refractivity contribution is -0.120. The van der Waals surface area contributed by atoms with E-state index in [9.17, 15) is 9.59 Å². The maximum absolute atomic E-state index is 13.5. The van der Waals surface area contributed by atoms with Crippen LogP contribution in [-0.4, -0.2) is 81.3 Å². The third-order valence-corrected chi connectivity index (χ3v) is 7.13. The minimum Gasteiger partial charge on any atom is -0.493 e. The van der Waals surface area contributed by atoms with Gasteiger partial charge in [0, 0.05) is 51.3 Å². The second kappa shape index (κ2) is 11.2. The van der Waals surface area contributed by atoms with Crippen LogP contribution in [0.15, 0.2) is 12.1 Å². The molecule has 0 aromatic heterocycles. The number of carbonyl (C=O) groups excluding carboxylic acids is 2. The topological polar surface area (TPSA) is 80.3 Å². The van der Waals surface area contributed by atoms with Crippen molar-refractivity contribution in [3.8, 4) is 11.5 Å². The molecule has 2 aliphatic heterocycles. The first kappa shape index (κ1) is 23.8. The van der Waals surface area contributed by atoms with Crippen molar-refractivity contribution in [3.63, 3.8) is 0 Å². The van der Waals surface area contributed by atoms with Gasteiger partial charge in [0.1, 0.15) is 0 Å². The predicted octanol–water partition coefficient (Wildman–Crippen LogP) is 3.16. The monoisotopic (exact) mass is 459 g/mol. The van der Waals surface area contributed by atoms with E-state index in [1.165, 1.54) is 6.42 Å². The van der Waals surface area contributed by atoms with Gasteiger partial charge in [-0.05, 0) is 31.7 Å². The van der Waals surface area contributed by atoms with Crippen LogP contribution in [0.4, 0.5) is 5.69 Å². The Morgan fingerprint density at radius 1 is 0.970 bits per heavy atom. The maximum Gasteiger partial charge on any atom is 0.256 e. The number of methoxy groups -OCH3 is 2. The Bertz CT molecular complexity index is 826. The van der Waals surface area contributed by atoms with Gasteiger partial charge in [-0.3, -0.25) is 14.5 Å². The molecule has 0 bridgehead atoms. The average molecular weight is 460 g/mol. The fourth-order valence-electron chi connectivity index (χ4n) is 5.14. The number of amides is 2. The number of rotatable bonds is 7. The highest BCUT2D eigenvalue weighted by Gasteiger charge is 2.29. The van der Waals surface area contributed by atoms with Gasteiger partial charge in [-0.2, -0.15) is 0 Å². The highest BCUT2D eigenvalue weighted by Crippen LogP contribution is 2.35. The number of piperazine rings is 1. The van der Waals surface area contributed by atoms with Crippen molar-refractivity contribution in [2.45, 2.75) is 51.0 Å². The van der Waals surface area contributed by atoms with Gasteiger partial charge < -0.3 is 24.4 Å². The van der Waals surface area contributed by atoms with Crippen molar-refractivity contribution < 1.29 is 23.8 Å². The van der Waals surface area contributed by atoms with Crippen LogP contribution in [0.1, 0.15) is 55.3 Å². The smallest absolute Gasteiger partial charge is 0.256 e. The first-order valence-electron chi connectivity index (χ1n) is 12.3. The molecule has 1 aliphatic carbocycles. The van der Waals surface area contributed by atoms with E-state index in [0.717, 1.165) is 64.8 Å². The lowest BCUT2D eigenvalue weighted by Crippen LogP contribution is -2.50. The fourth-order valence-corrected chi connectivity index (χ4v) is 5.14. The van der Waals surface area contributed by atoms with Crippen LogP contribution in [0.5, 0.6) is 11.5 Å². The van der Waals surface area contributed by atoms with Crippen molar-refractivity contribution in [1.82, 2.24) is 9.80 Å². The number of anilines is 1. The summed E-state index contributed by atoms with van der Waals surface area (Å²) in [6.07, 6.45) is 7.71. The number of ether oxygens (including phenoxy) is 3. The van der Waals surface area contributed by atoms with E-state index in [1.54, 1.807) is 26.4 Å². The molecule has 1 saturated carbocycles. The second-order valence-corrected chi connectivity index (χ2v) is 9.30. The number of nitrogens with one attached hydrogen (secondary N) is 1. The van der Waals surface area contributed by atoms with E-state index in [4.69, 9.17) is 14.2 Å². The summed E-state index contributed by atoms with van der Waals surface area (Å²) in [6.45, 7) is 4.73. The Hall–Kier alpha value is -2.32. The Morgan fingerprint density at radius 2 is 1.67 bits per heavy atom. The van der Waals surface area contributed by atoms with Crippen molar-refractivity contribution >= 4 is 17.5 Å². The number of benzene rings is 1. The van der Waals surface area contributed by atoms with Crippen LogP contribution in [-0.2, 0) is 9.53 Å². The summed E-state index contributed by atoms with van der Waals surface area (Å²) in [6, 6.07) is 3.40. The molecule has 1 unspecified atom stereocenters. The van der Waals surface area contributed by atoms with Gasteiger partial charge in [0.25, 0.3) is 5.91 Å². The van der Waals surface area contributed by atoms with Crippen molar-refractivity contribution in [2.75, 3.05) is 58.9 Å². The molecule has 0 radical (unpaired) electrons. The average Bonchev–Trinajstić information content (AvgIpc) is 3.37. The molecule has 3 aliphatic rings. The van der Waals surface area contributed by atoms with Gasteiger partial charge in [-0.1, -0.05) is 19.3 Å². The van der Waals surface area contributed by atoms with Crippen LogP contribution >= 0.6 is 0 Å². The SMILES string of the molecule is COc1cc(NC(=O)C2CCCCC2)c(C(=O)N2CCN(CC3CCCO3)CC2)cc1OC. The molecule has 33 heavy (non-hydrogen) atoms. The maximum atomic E-state index is 13.5. The molecule has 182 valence electrons. The number of hydrogen-bond acceptors (Lipinski definition) is 6. The zero-order valence-electron chi connectivity index (χ0n) is 19.9. The number of carbonyl (C=O) groups is 2. The van der Waals surface area contributed by atoms with Gasteiger partial charge >= 0.3 is 0 Å². The third kappa shape index (κ3) is 5.79. The highest BCUT2D eigenvalue weighted by atomic mass is 16.5. The van der Waals surface area contributed by atoms with Gasteiger partial charge in [0.05, 0.1) is 31.6 Å². The largest absolute Gasteiger partial charge is 0.493 e. The highest BCUT2D eigenvalue weighted by molar-refractivity contribution is 6.05. The summed E-state index contributed by atoms with van der Waals surface area (Å²) >= 11 is 0. The molecule has 2 amide bonds. The molecule has 4 rings (SSSR count). The van der Waals surface area contributed by atoms with E-state index in [2.05, 4.69) is 10.2 Å². The molecular formula is C25H37N3O5. The molecule has 1 atom stereocenters. The van der Waals surface area contributed by atoms with E-state index < -0.39 is 0 Å². The van der Waals surface area contributed by atoms with E-state index >= 15 is 0 Å². The normalized spacial score (nSPS) is 22.2. The Labute approximate surface area is 196 Å². The van der Waals surface area contributed by atoms with E-state index in [1.807, 2.05) is 4.90 Å². The van der Waals surface area contributed by atoms with Crippen LogP contribution in [0.2, 0.25) is 0 Å². The first-order chi connectivity index (χ1) is 16.1. The third-order valence-electron chi connectivity index (χ3n) is 7.13. The molecule has 3 fully saturated rings. The van der Waals surface area contributed by atoms with Crippen molar-refractivity contribution in [3.05, 3.63) is 17.7 Å². The summed E-state index contributed by atoms with van der Waals surface area (Å²) in [4.78, 5) is 30.7. The van der Waals surface area contributed by atoms with Gasteiger partial charge in [-0.15, -0.1) is 0 Å². The van der Waals surface area contributed by atoms with E-state index in [-0.39, 0.29) is 17.7 Å². The Morgan fingerprint density at radius 3 is 2.30 bits per heavy atom. The zero-order chi connectivity index (χ0) is 23.2. The molecule has 1 N–H and O–H groups in total. The molecule has 0 spiro atoms. The van der Waals surface area contributed by atoms with E-state index in [0.29, 0.717) is 41.9 Å². The molecule has 8 nitrogen and oxygen atoms in total. The molecule has 8 heteroatoms. The number of nitrogens with zero attached hydrogens (tertiary/aromatic N) is 2. The van der Waals surface area contributed by atoms with Gasteiger partial charge in [-0.25, -0.2) is 0 Å². The molecule has 1 aromatic rings. The predicted molar refractivity (Wildman–Crippen MR) is 126 cm³/mol. The summed E-state index contributed by atoms with van der Waals surface area (Å²) in [5.74, 6) is 0.864. The second-order valence-electron chi connectivity index (χ2n) is 9.30. The zero-order valence-corrected chi connectivity index (χ0v) is 19.9. The standard InChI is InChI=1S/C25H37N3O5/c1-31-22-15-20(21(16-23(22)32-2)26-24(29)18-7-4-3-5-8-18)25(30)28-12-10-27(11-13-28)17-19-9-6-14-33-19/h15-16,18-19H,3-14,17H2,1-2H3,(H,26,29). The summed E-state index contributed by atoms with van der Waals surface area (Å²) in [7, 11) is 3.11. The first-order valence-corrected chi connectivity index (χ1v) is 12.3. The van der Waals surface area contributed by atoms with Gasteiger partial charge in [0.2, 0.25) is 5.91 Å². The van der Waals surface area contributed by atoms with Crippen LogP contribution in [0, 0.1) is 5.92 Å². The Kier molecular flexibility index (Phi) is 8.09. The summed E-state index contributed by atoms with van der Waals surface area (Å²) < 4.78 is 16.7. The molecule has 1 aromatic carbocycles. The molecule has 2 heterocycles. The lowest BCUT2D eigenvalue weighted by Gasteiger charge is -2.36. The minimum absolute atomic E-state index is 0.00357. The fraction of sp³-hybridized carbons (Fsp3) is 0.680. The lowest BCUT2D eigenvalue weighted by atomic mass is 9.88. The van der Waals surface area contributed by atoms with Crippen molar-refractivity contribution in [2.24, 2.45) is 5.92 Å². The van der Waals surface area contributed by atoms with Crippen LogP contribution in [0.3, 0.4) is 0 Å². The number of hydrogen-bond donors (Lipinski definition) is 1. The van der Waals surface area contributed by atoms with Crippen LogP contribution in [0.25, 0.3) is 0 Å². The molecular weight excluding hydrogens is 422 g/mol. The minimum atomic E-state index is -0.0911. The summed E-state index contributed by atoms with van der Waals surface area (Å²) in [5.41, 5.74) is 0.944. The van der Waals surface area contributed by atoms with Gasteiger partial charge in [0.15, 0.2) is 11.5 Å².